The van der Waals surface area contributed by atoms with Crippen molar-refractivity contribution >= 4 is 16.8 Å². The Morgan fingerprint density at radius 2 is 2.10 bits per heavy atom. The van der Waals surface area contributed by atoms with E-state index in [1.165, 1.54) is 22.2 Å². The first-order valence-corrected chi connectivity index (χ1v) is 7.14. The van der Waals surface area contributed by atoms with E-state index in [9.17, 15) is 4.79 Å². The summed E-state index contributed by atoms with van der Waals surface area (Å²) < 4.78 is 7.07. The van der Waals surface area contributed by atoms with Gasteiger partial charge in [0.05, 0.1) is 13.2 Å². The fraction of sp³-hybridized carbons (Fsp3) is 0.438. The molecule has 1 amide bonds. The average molecular weight is 289 g/mol. The van der Waals surface area contributed by atoms with Crippen molar-refractivity contribution in [1.82, 2.24) is 15.2 Å². The number of rotatable bonds is 7. The van der Waals surface area contributed by atoms with E-state index in [2.05, 4.69) is 47.4 Å². The van der Waals surface area contributed by atoms with Gasteiger partial charge in [-0.15, -0.1) is 0 Å². The minimum absolute atomic E-state index is 0.0107. The molecule has 114 valence electrons. The summed E-state index contributed by atoms with van der Waals surface area (Å²) in [6.45, 7) is 4.19. The molecule has 0 unspecified atom stereocenters. The van der Waals surface area contributed by atoms with Crippen LogP contribution in [0.25, 0.3) is 10.9 Å². The summed E-state index contributed by atoms with van der Waals surface area (Å²) in [7, 11) is 3.68. The monoisotopic (exact) mass is 289 g/mol. The van der Waals surface area contributed by atoms with E-state index in [1.807, 2.05) is 6.07 Å². The van der Waals surface area contributed by atoms with Gasteiger partial charge in [-0.3, -0.25) is 4.79 Å². The lowest BCUT2D eigenvalue weighted by Crippen LogP contribution is -2.35. The van der Waals surface area contributed by atoms with Crippen LogP contribution in [0.15, 0.2) is 24.3 Å². The summed E-state index contributed by atoms with van der Waals surface area (Å²) in [6, 6.07) is 8.34. The number of nitrogens with zero attached hydrogens (tertiary/aromatic N) is 1. The zero-order valence-electron chi connectivity index (χ0n) is 12.9. The van der Waals surface area contributed by atoms with Crippen molar-refractivity contribution in [2.75, 3.05) is 26.8 Å². The minimum Gasteiger partial charge on any atom is -0.383 e. The number of carbonyl (C=O) groups is 1. The molecule has 0 radical (unpaired) electrons. The summed E-state index contributed by atoms with van der Waals surface area (Å²) in [5, 5.41) is 7.25. The summed E-state index contributed by atoms with van der Waals surface area (Å²) >= 11 is 0. The molecule has 2 rings (SSSR count). The second-order valence-electron chi connectivity index (χ2n) is 5.09. The molecule has 5 heteroatoms. The Morgan fingerprint density at radius 1 is 1.33 bits per heavy atom. The molecule has 21 heavy (non-hydrogen) atoms. The topological polar surface area (TPSA) is 55.3 Å². The SMILES string of the molecule is COCCNC(=O)CNCc1c(C)c2ccccc2n1C. The number of fused-ring (bicyclic) bond motifs is 1. The smallest absolute Gasteiger partial charge is 0.234 e. The molecule has 2 aromatic rings. The van der Waals surface area contributed by atoms with Gasteiger partial charge in [0.2, 0.25) is 5.91 Å². The number of amides is 1. The Hall–Kier alpha value is -1.85. The van der Waals surface area contributed by atoms with Crippen LogP contribution in [-0.4, -0.2) is 37.3 Å². The highest BCUT2D eigenvalue weighted by atomic mass is 16.5. The summed E-state index contributed by atoms with van der Waals surface area (Å²) in [5.41, 5.74) is 3.69. The summed E-state index contributed by atoms with van der Waals surface area (Å²) in [4.78, 5) is 11.6. The highest BCUT2D eigenvalue weighted by Crippen LogP contribution is 2.23. The lowest BCUT2D eigenvalue weighted by Gasteiger charge is -2.08. The van der Waals surface area contributed by atoms with E-state index in [4.69, 9.17) is 4.74 Å². The second-order valence-corrected chi connectivity index (χ2v) is 5.09. The Labute approximate surface area is 125 Å². The Balaban J connectivity index is 1.93. The molecular weight excluding hydrogens is 266 g/mol. The molecule has 0 aliphatic carbocycles. The lowest BCUT2D eigenvalue weighted by molar-refractivity contribution is -0.120. The van der Waals surface area contributed by atoms with Gasteiger partial charge >= 0.3 is 0 Å². The van der Waals surface area contributed by atoms with Crippen LogP contribution in [0.2, 0.25) is 0 Å². The first-order chi connectivity index (χ1) is 10.1. The number of para-hydroxylation sites is 1. The molecule has 1 heterocycles. The van der Waals surface area contributed by atoms with Crippen molar-refractivity contribution in [2.24, 2.45) is 7.05 Å². The van der Waals surface area contributed by atoms with Crippen LogP contribution in [0.5, 0.6) is 0 Å². The molecular formula is C16H23N3O2. The Kier molecular flexibility index (Phi) is 5.36. The number of aromatic nitrogens is 1. The third kappa shape index (κ3) is 3.62. The number of aryl methyl sites for hydroxylation is 2. The van der Waals surface area contributed by atoms with E-state index in [-0.39, 0.29) is 5.91 Å². The average Bonchev–Trinajstić information content (AvgIpc) is 2.73. The van der Waals surface area contributed by atoms with Crippen molar-refractivity contribution < 1.29 is 9.53 Å². The van der Waals surface area contributed by atoms with Gasteiger partial charge in [-0.25, -0.2) is 0 Å². The first kappa shape index (κ1) is 15.5. The maximum Gasteiger partial charge on any atom is 0.234 e. The molecule has 2 N–H and O–H groups in total. The molecule has 1 aromatic carbocycles. The molecule has 0 aliphatic heterocycles. The van der Waals surface area contributed by atoms with Crippen molar-refractivity contribution in [2.45, 2.75) is 13.5 Å². The highest BCUT2D eigenvalue weighted by Gasteiger charge is 2.11. The molecule has 0 spiro atoms. The van der Waals surface area contributed by atoms with Gasteiger partial charge in [0.25, 0.3) is 0 Å². The van der Waals surface area contributed by atoms with E-state index < -0.39 is 0 Å². The van der Waals surface area contributed by atoms with E-state index >= 15 is 0 Å². The molecule has 5 nitrogen and oxygen atoms in total. The number of carbonyl (C=O) groups excluding carboxylic acids is 1. The third-order valence-corrected chi connectivity index (χ3v) is 3.71. The summed E-state index contributed by atoms with van der Waals surface area (Å²) in [5.74, 6) is -0.0107. The van der Waals surface area contributed by atoms with Gasteiger partial charge in [-0.1, -0.05) is 18.2 Å². The van der Waals surface area contributed by atoms with Crippen LogP contribution in [0.3, 0.4) is 0 Å². The number of nitrogens with one attached hydrogen (secondary N) is 2. The molecule has 0 aliphatic rings. The van der Waals surface area contributed by atoms with Gasteiger partial charge in [0.1, 0.15) is 0 Å². The maximum atomic E-state index is 11.6. The van der Waals surface area contributed by atoms with Crippen LogP contribution >= 0.6 is 0 Å². The number of hydrogen-bond donors (Lipinski definition) is 2. The van der Waals surface area contributed by atoms with Gasteiger partial charge < -0.3 is 19.9 Å². The zero-order valence-corrected chi connectivity index (χ0v) is 12.9. The Bertz CT molecular complexity index is 580. The lowest BCUT2D eigenvalue weighted by atomic mass is 10.1. The maximum absolute atomic E-state index is 11.6. The Morgan fingerprint density at radius 3 is 2.81 bits per heavy atom. The number of benzene rings is 1. The molecule has 0 fully saturated rings. The molecule has 0 atom stereocenters. The highest BCUT2D eigenvalue weighted by molar-refractivity contribution is 5.85. The van der Waals surface area contributed by atoms with Gasteiger partial charge in [0.15, 0.2) is 0 Å². The van der Waals surface area contributed by atoms with Crippen LogP contribution < -0.4 is 10.6 Å². The van der Waals surface area contributed by atoms with Crippen molar-refractivity contribution in [3.8, 4) is 0 Å². The number of hydrogen-bond acceptors (Lipinski definition) is 3. The van der Waals surface area contributed by atoms with Gasteiger partial charge in [0, 0.05) is 43.8 Å². The van der Waals surface area contributed by atoms with E-state index in [0.717, 1.165) is 0 Å². The van der Waals surface area contributed by atoms with Gasteiger partial charge in [-0.05, 0) is 18.6 Å². The standard InChI is InChI=1S/C16H23N3O2/c1-12-13-6-4-5-7-14(13)19(2)15(12)10-17-11-16(20)18-8-9-21-3/h4-7,17H,8-11H2,1-3H3,(H,18,20). The van der Waals surface area contributed by atoms with Crippen LogP contribution in [0.1, 0.15) is 11.3 Å². The molecule has 0 saturated heterocycles. The number of methoxy groups -OCH3 is 1. The van der Waals surface area contributed by atoms with E-state index in [1.54, 1.807) is 7.11 Å². The fourth-order valence-electron chi connectivity index (χ4n) is 2.54. The molecule has 0 saturated carbocycles. The normalized spacial score (nSPS) is 11.0. The van der Waals surface area contributed by atoms with Crippen LogP contribution in [0.4, 0.5) is 0 Å². The predicted molar refractivity (Wildman–Crippen MR) is 84.2 cm³/mol. The largest absolute Gasteiger partial charge is 0.383 e. The van der Waals surface area contributed by atoms with Crippen LogP contribution in [0, 0.1) is 6.92 Å². The van der Waals surface area contributed by atoms with Crippen molar-refractivity contribution in [1.29, 1.82) is 0 Å². The molecule has 1 aromatic heterocycles. The first-order valence-electron chi connectivity index (χ1n) is 7.14. The van der Waals surface area contributed by atoms with Crippen molar-refractivity contribution in [3.05, 3.63) is 35.5 Å². The third-order valence-electron chi connectivity index (χ3n) is 3.71. The zero-order chi connectivity index (χ0) is 15.2. The van der Waals surface area contributed by atoms with Crippen LogP contribution in [-0.2, 0) is 23.1 Å². The minimum atomic E-state index is -0.0107. The number of ether oxygens (including phenoxy) is 1. The van der Waals surface area contributed by atoms with E-state index in [0.29, 0.717) is 26.2 Å². The fourth-order valence-corrected chi connectivity index (χ4v) is 2.54. The quantitative estimate of drug-likeness (QED) is 0.756. The van der Waals surface area contributed by atoms with Crippen molar-refractivity contribution in [3.63, 3.8) is 0 Å². The van der Waals surface area contributed by atoms with Gasteiger partial charge in [-0.2, -0.15) is 0 Å². The second kappa shape index (κ2) is 7.24. The molecule has 0 bridgehead atoms. The summed E-state index contributed by atoms with van der Waals surface area (Å²) in [6.07, 6.45) is 0. The predicted octanol–water partition coefficient (Wildman–Crippen LogP) is 1.34.